The lowest BCUT2D eigenvalue weighted by Crippen LogP contribution is -2.62. The van der Waals surface area contributed by atoms with Crippen molar-refractivity contribution < 1.29 is 42.9 Å². The number of benzene rings is 1. The summed E-state index contributed by atoms with van der Waals surface area (Å²) in [6.07, 6.45) is -0.708. The Morgan fingerprint density at radius 3 is 2.34 bits per heavy atom. The van der Waals surface area contributed by atoms with Crippen LogP contribution >= 0.6 is 11.8 Å². The highest BCUT2D eigenvalue weighted by molar-refractivity contribution is 8.14. The summed E-state index contributed by atoms with van der Waals surface area (Å²) >= 11 is 0.919. The zero-order valence-corrected chi connectivity index (χ0v) is 20.7. The average molecular weight is 506 g/mol. The van der Waals surface area contributed by atoms with Crippen molar-refractivity contribution in [3.05, 3.63) is 47.2 Å². The number of amides is 1. The van der Waals surface area contributed by atoms with Crippen molar-refractivity contribution in [1.29, 1.82) is 0 Å². The molecule has 0 aromatic heterocycles. The van der Waals surface area contributed by atoms with Crippen molar-refractivity contribution in [1.82, 2.24) is 4.90 Å². The molecule has 2 atom stereocenters. The number of hydrogen-bond donors (Lipinski definition) is 0. The number of rotatable bonds is 8. The summed E-state index contributed by atoms with van der Waals surface area (Å²) in [6.45, 7) is 5.71. The van der Waals surface area contributed by atoms with Gasteiger partial charge in [-0.25, -0.2) is 9.59 Å². The van der Waals surface area contributed by atoms with Gasteiger partial charge in [0.2, 0.25) is 17.8 Å². The first kappa shape index (κ1) is 26.3. The van der Waals surface area contributed by atoms with Gasteiger partial charge in [0.05, 0.1) is 17.9 Å². The first-order valence-electron chi connectivity index (χ1n) is 10.9. The smallest absolute Gasteiger partial charge is 0.434 e. The molecule has 0 radical (unpaired) electrons. The topological polar surface area (TPSA) is 126 Å². The second-order valence-corrected chi connectivity index (χ2v) is 10.1. The molecule has 188 valence electrons. The third-order valence-corrected chi connectivity index (χ3v) is 6.62. The van der Waals surface area contributed by atoms with Crippen LogP contribution < -0.4 is 0 Å². The maximum Gasteiger partial charge on any atom is 0.508 e. The third kappa shape index (κ3) is 6.21. The van der Waals surface area contributed by atoms with Gasteiger partial charge in [-0.15, -0.1) is 0 Å². The minimum Gasteiger partial charge on any atom is -0.434 e. The summed E-state index contributed by atoms with van der Waals surface area (Å²) in [6, 6.07) is 9.09. The lowest BCUT2D eigenvalue weighted by Gasteiger charge is -2.48. The normalized spacial score (nSPS) is 19.5. The van der Waals surface area contributed by atoms with Crippen LogP contribution in [0.4, 0.5) is 4.79 Å². The Balaban J connectivity index is 1.51. The van der Waals surface area contributed by atoms with E-state index < -0.39 is 47.5 Å². The van der Waals surface area contributed by atoms with Gasteiger partial charge < -0.3 is 18.9 Å². The van der Waals surface area contributed by atoms with E-state index in [0.29, 0.717) is 0 Å². The van der Waals surface area contributed by atoms with Crippen LogP contribution in [0.25, 0.3) is 0 Å². The van der Waals surface area contributed by atoms with Crippen molar-refractivity contribution in [2.45, 2.75) is 46.1 Å². The molecule has 11 heteroatoms. The van der Waals surface area contributed by atoms with E-state index in [4.69, 9.17) is 18.9 Å². The van der Waals surface area contributed by atoms with E-state index >= 15 is 0 Å². The summed E-state index contributed by atoms with van der Waals surface area (Å²) in [7, 11) is 0. The van der Waals surface area contributed by atoms with Gasteiger partial charge >= 0.3 is 18.1 Å². The van der Waals surface area contributed by atoms with Crippen LogP contribution in [-0.4, -0.2) is 52.8 Å². The van der Waals surface area contributed by atoms with Gasteiger partial charge in [0.25, 0.3) is 0 Å². The lowest BCUT2D eigenvalue weighted by molar-refractivity contribution is -0.174. The summed E-state index contributed by atoms with van der Waals surface area (Å²) in [4.78, 5) is 62.7. The van der Waals surface area contributed by atoms with Gasteiger partial charge in [0.15, 0.2) is 0 Å². The number of thioether (sulfide) groups is 1. The van der Waals surface area contributed by atoms with Crippen molar-refractivity contribution in [3.63, 3.8) is 0 Å². The molecule has 0 aliphatic carbocycles. The third-order valence-electron chi connectivity index (χ3n) is 5.32. The predicted octanol–water partition coefficient (Wildman–Crippen LogP) is 3.15. The minimum absolute atomic E-state index is 0.0589. The van der Waals surface area contributed by atoms with Crippen molar-refractivity contribution in [2.75, 3.05) is 13.4 Å². The molecule has 1 saturated heterocycles. The molecule has 1 aromatic carbocycles. The Kier molecular flexibility index (Phi) is 8.21. The van der Waals surface area contributed by atoms with Gasteiger partial charge in [-0.3, -0.25) is 19.3 Å². The van der Waals surface area contributed by atoms with Crippen LogP contribution in [0.1, 0.15) is 39.7 Å². The van der Waals surface area contributed by atoms with Crippen LogP contribution in [0.3, 0.4) is 0 Å². The zero-order chi connectivity index (χ0) is 25.8. The molecular formula is C24H27NO9S. The van der Waals surface area contributed by atoms with E-state index in [1.807, 2.05) is 18.2 Å². The lowest BCUT2D eigenvalue weighted by atomic mass is 9.92. The van der Waals surface area contributed by atoms with Crippen LogP contribution in [0, 0.1) is 11.3 Å². The van der Waals surface area contributed by atoms with Gasteiger partial charge in [0, 0.05) is 5.57 Å². The molecule has 10 nitrogen and oxygen atoms in total. The number of carbonyl (C=O) groups excluding carboxylic acids is 5. The molecule has 0 spiro atoms. The van der Waals surface area contributed by atoms with Gasteiger partial charge in [0.1, 0.15) is 17.7 Å². The quantitative estimate of drug-likeness (QED) is 0.295. The number of fused-ring (bicyclic) bond motifs is 1. The van der Waals surface area contributed by atoms with Crippen molar-refractivity contribution >= 4 is 40.9 Å². The van der Waals surface area contributed by atoms with Crippen LogP contribution in [0.5, 0.6) is 0 Å². The van der Waals surface area contributed by atoms with Crippen LogP contribution in [-0.2, 0) is 44.7 Å². The summed E-state index contributed by atoms with van der Waals surface area (Å²) < 4.78 is 20.0. The number of esters is 2. The highest BCUT2D eigenvalue weighted by Gasteiger charge is 2.55. The van der Waals surface area contributed by atoms with Crippen molar-refractivity contribution in [3.8, 4) is 0 Å². The standard InChI is InChI=1S/C24H27NO9S/c1-14-17(20(27)33-13-34-22(29)24(2,3)4)25-18(26)16(19(25)35-21(14)28)10-11-31-23(30)32-12-15-8-6-5-7-9-15/h5-9,16,19H,10-13H2,1-4H3/t16-,19-/m0/s1. The van der Waals surface area contributed by atoms with Gasteiger partial charge in [-0.05, 0) is 39.7 Å². The molecule has 2 aliphatic rings. The SMILES string of the molecule is CC1=C(C(=O)OCOC(=O)C(C)(C)C)N2C(=O)[C@H](CCOC(=O)OCc3ccccc3)[C@@H]2SC1=O. The Morgan fingerprint density at radius 2 is 1.69 bits per heavy atom. The number of carbonyl (C=O) groups is 5. The fourth-order valence-corrected chi connectivity index (χ4v) is 4.56. The van der Waals surface area contributed by atoms with Gasteiger partial charge in [-0.2, -0.15) is 0 Å². The Labute approximate surface area is 206 Å². The summed E-state index contributed by atoms with van der Waals surface area (Å²) in [5.41, 5.74) is -0.0667. The second-order valence-electron chi connectivity index (χ2n) is 8.98. The predicted molar refractivity (Wildman–Crippen MR) is 123 cm³/mol. The molecule has 0 N–H and O–H groups in total. The van der Waals surface area contributed by atoms with E-state index in [1.54, 1.807) is 32.9 Å². The van der Waals surface area contributed by atoms with Gasteiger partial charge in [-0.1, -0.05) is 42.1 Å². The Morgan fingerprint density at radius 1 is 1.00 bits per heavy atom. The highest BCUT2D eigenvalue weighted by Crippen LogP contribution is 2.45. The molecule has 1 fully saturated rings. The summed E-state index contributed by atoms with van der Waals surface area (Å²) in [5, 5.41) is -0.993. The molecule has 2 heterocycles. The molecule has 1 aromatic rings. The number of ether oxygens (including phenoxy) is 4. The molecular weight excluding hydrogens is 478 g/mol. The average Bonchev–Trinajstić information content (AvgIpc) is 2.81. The molecule has 3 rings (SSSR count). The number of nitrogens with zero attached hydrogens (tertiary/aromatic N) is 1. The first-order chi connectivity index (χ1) is 16.5. The first-order valence-corrected chi connectivity index (χ1v) is 11.8. The van der Waals surface area contributed by atoms with E-state index in [1.165, 1.54) is 11.8 Å². The number of β-lactam (4-membered cyclic amide) rings is 1. The Hall–Kier alpha value is -3.34. The van der Waals surface area contributed by atoms with Crippen molar-refractivity contribution in [2.24, 2.45) is 11.3 Å². The van der Waals surface area contributed by atoms with E-state index in [0.717, 1.165) is 17.3 Å². The second kappa shape index (κ2) is 10.9. The zero-order valence-electron chi connectivity index (χ0n) is 19.9. The largest absolute Gasteiger partial charge is 0.508 e. The highest BCUT2D eigenvalue weighted by atomic mass is 32.2. The van der Waals surface area contributed by atoms with E-state index in [-0.39, 0.29) is 36.0 Å². The van der Waals surface area contributed by atoms with E-state index in [9.17, 15) is 24.0 Å². The monoisotopic (exact) mass is 505 g/mol. The maximum absolute atomic E-state index is 12.8. The molecule has 1 amide bonds. The maximum atomic E-state index is 12.8. The van der Waals surface area contributed by atoms with Crippen LogP contribution in [0.2, 0.25) is 0 Å². The molecule has 0 bridgehead atoms. The van der Waals surface area contributed by atoms with E-state index in [2.05, 4.69) is 0 Å². The molecule has 0 saturated carbocycles. The number of hydrogen-bond acceptors (Lipinski definition) is 10. The molecule has 35 heavy (non-hydrogen) atoms. The molecule has 2 aliphatic heterocycles. The minimum atomic E-state index is -0.935. The van der Waals surface area contributed by atoms with Crippen LogP contribution in [0.15, 0.2) is 41.6 Å². The fourth-order valence-electron chi connectivity index (χ4n) is 3.34. The Bertz CT molecular complexity index is 1040. The molecule has 0 unspecified atom stereocenters. The summed E-state index contributed by atoms with van der Waals surface area (Å²) in [5.74, 6) is -2.52. The fraction of sp³-hybridized carbons (Fsp3) is 0.458.